The molecule has 1 atom stereocenters. The highest BCUT2D eigenvalue weighted by molar-refractivity contribution is 7.89. The molecule has 0 radical (unpaired) electrons. The Morgan fingerprint density at radius 3 is 2.70 bits per heavy atom. The van der Waals surface area contributed by atoms with Gasteiger partial charge in [0.2, 0.25) is 10.0 Å². The molecule has 1 aliphatic heterocycles. The van der Waals surface area contributed by atoms with E-state index in [2.05, 4.69) is 0 Å². The SMILES string of the molecule is Cl.NCC1CCN(S(=O)(=O)c2cc(Cl)ccc2OCC(N)=O)C1. The molecule has 1 heterocycles. The van der Waals surface area contributed by atoms with E-state index in [4.69, 9.17) is 27.8 Å². The van der Waals surface area contributed by atoms with Crippen LogP contribution >= 0.6 is 24.0 Å². The molecule has 1 fully saturated rings. The molecule has 0 aromatic heterocycles. The van der Waals surface area contributed by atoms with E-state index in [9.17, 15) is 13.2 Å². The maximum atomic E-state index is 12.7. The Kier molecular flexibility index (Phi) is 7.09. The molecule has 1 saturated heterocycles. The van der Waals surface area contributed by atoms with E-state index in [1.165, 1.54) is 22.5 Å². The second-order valence-corrected chi connectivity index (χ2v) is 7.44. The van der Waals surface area contributed by atoms with E-state index < -0.39 is 22.5 Å². The van der Waals surface area contributed by atoms with E-state index in [-0.39, 0.29) is 34.0 Å². The van der Waals surface area contributed by atoms with E-state index >= 15 is 0 Å². The predicted molar refractivity (Wildman–Crippen MR) is 89.3 cm³/mol. The molecule has 1 aliphatic rings. The largest absolute Gasteiger partial charge is 0.482 e. The Hall–Kier alpha value is -1.06. The molecule has 130 valence electrons. The lowest BCUT2D eigenvalue weighted by molar-refractivity contribution is -0.120. The first kappa shape index (κ1) is 20.0. The molecule has 1 amide bonds. The Morgan fingerprint density at radius 1 is 1.43 bits per heavy atom. The lowest BCUT2D eigenvalue weighted by Crippen LogP contribution is -2.30. The summed E-state index contributed by atoms with van der Waals surface area (Å²) >= 11 is 5.90. The van der Waals surface area contributed by atoms with Gasteiger partial charge < -0.3 is 16.2 Å². The van der Waals surface area contributed by atoms with Crippen molar-refractivity contribution in [3.05, 3.63) is 23.2 Å². The van der Waals surface area contributed by atoms with Gasteiger partial charge in [-0.05, 0) is 37.1 Å². The zero-order chi connectivity index (χ0) is 16.3. The van der Waals surface area contributed by atoms with Crippen molar-refractivity contribution in [1.82, 2.24) is 4.31 Å². The van der Waals surface area contributed by atoms with E-state index in [0.717, 1.165) is 0 Å². The third-order valence-electron chi connectivity index (χ3n) is 3.48. The fourth-order valence-electron chi connectivity index (χ4n) is 2.30. The minimum atomic E-state index is -3.77. The van der Waals surface area contributed by atoms with Crippen LogP contribution in [0.2, 0.25) is 5.02 Å². The maximum absolute atomic E-state index is 12.7. The molecule has 7 nitrogen and oxygen atoms in total. The third-order valence-corrected chi connectivity index (χ3v) is 5.60. The van der Waals surface area contributed by atoms with Gasteiger partial charge in [-0.25, -0.2) is 8.42 Å². The van der Waals surface area contributed by atoms with Crippen LogP contribution in [0, 0.1) is 5.92 Å². The van der Waals surface area contributed by atoms with Crippen LogP contribution < -0.4 is 16.2 Å². The highest BCUT2D eigenvalue weighted by Gasteiger charge is 2.34. The van der Waals surface area contributed by atoms with Crippen LogP contribution in [0.4, 0.5) is 0 Å². The minimum absolute atomic E-state index is 0. The fourth-order valence-corrected chi connectivity index (χ4v) is 4.22. The summed E-state index contributed by atoms with van der Waals surface area (Å²) in [5.41, 5.74) is 10.6. The van der Waals surface area contributed by atoms with Gasteiger partial charge in [-0.15, -0.1) is 12.4 Å². The molecule has 0 saturated carbocycles. The van der Waals surface area contributed by atoms with Gasteiger partial charge in [0.15, 0.2) is 6.61 Å². The highest BCUT2D eigenvalue weighted by Crippen LogP contribution is 2.32. The highest BCUT2D eigenvalue weighted by atomic mass is 35.5. The third kappa shape index (κ3) is 4.71. The van der Waals surface area contributed by atoms with Crippen molar-refractivity contribution in [2.75, 3.05) is 26.2 Å². The van der Waals surface area contributed by atoms with Crippen molar-refractivity contribution >= 4 is 39.9 Å². The van der Waals surface area contributed by atoms with Crippen molar-refractivity contribution in [3.63, 3.8) is 0 Å². The van der Waals surface area contributed by atoms with E-state index in [0.29, 0.717) is 26.1 Å². The van der Waals surface area contributed by atoms with Crippen LogP contribution in [0.3, 0.4) is 0 Å². The standard InChI is InChI=1S/C13H18ClN3O4S.ClH/c14-10-1-2-11(21-8-13(16)18)12(5-10)22(19,20)17-4-3-9(6-15)7-17;/h1-2,5,9H,3-4,6-8,15H2,(H2,16,18);1H. The van der Waals surface area contributed by atoms with E-state index in [1.807, 2.05) is 0 Å². The average molecular weight is 384 g/mol. The number of primary amides is 1. The number of ether oxygens (including phenoxy) is 1. The Bertz CT molecular complexity index is 669. The maximum Gasteiger partial charge on any atom is 0.255 e. The van der Waals surface area contributed by atoms with Gasteiger partial charge >= 0.3 is 0 Å². The van der Waals surface area contributed by atoms with Crippen molar-refractivity contribution < 1.29 is 17.9 Å². The lowest BCUT2D eigenvalue weighted by Gasteiger charge is -2.19. The van der Waals surface area contributed by atoms with Crippen LogP contribution in [0.15, 0.2) is 23.1 Å². The topological polar surface area (TPSA) is 116 Å². The second-order valence-electron chi connectivity index (χ2n) is 5.10. The molecule has 23 heavy (non-hydrogen) atoms. The van der Waals surface area contributed by atoms with Crippen molar-refractivity contribution in [3.8, 4) is 5.75 Å². The number of nitrogens with zero attached hydrogens (tertiary/aromatic N) is 1. The second kappa shape index (κ2) is 8.16. The molecule has 4 N–H and O–H groups in total. The van der Waals surface area contributed by atoms with Crippen LogP contribution in [-0.4, -0.2) is 44.9 Å². The summed E-state index contributed by atoms with van der Waals surface area (Å²) in [5, 5.41) is 0.263. The van der Waals surface area contributed by atoms with Gasteiger partial charge in [-0.3, -0.25) is 4.79 Å². The molecule has 1 aromatic rings. The zero-order valence-electron chi connectivity index (χ0n) is 12.3. The summed E-state index contributed by atoms with van der Waals surface area (Å²) in [4.78, 5) is 10.8. The number of sulfonamides is 1. The van der Waals surface area contributed by atoms with Gasteiger partial charge in [-0.2, -0.15) is 4.31 Å². The van der Waals surface area contributed by atoms with Crippen LogP contribution in [0.1, 0.15) is 6.42 Å². The summed E-state index contributed by atoms with van der Waals surface area (Å²) in [6.07, 6.45) is 0.716. The molecule has 0 bridgehead atoms. The zero-order valence-corrected chi connectivity index (χ0v) is 14.7. The summed E-state index contributed by atoms with van der Waals surface area (Å²) in [6, 6.07) is 4.21. The molecule has 2 rings (SSSR count). The number of halogens is 2. The summed E-state index contributed by atoms with van der Waals surface area (Å²) in [7, 11) is -3.77. The number of hydrogen-bond acceptors (Lipinski definition) is 5. The molecule has 0 spiro atoms. The minimum Gasteiger partial charge on any atom is -0.482 e. The number of carbonyl (C=O) groups excluding carboxylic acids is 1. The number of benzene rings is 1. The molecular formula is C13H19Cl2N3O4S. The molecule has 0 aliphatic carbocycles. The van der Waals surface area contributed by atoms with Gasteiger partial charge in [0.25, 0.3) is 5.91 Å². The van der Waals surface area contributed by atoms with Crippen LogP contribution in [-0.2, 0) is 14.8 Å². The Balaban J connectivity index is 0.00000264. The van der Waals surface area contributed by atoms with Gasteiger partial charge in [-0.1, -0.05) is 11.6 Å². The molecule has 10 heteroatoms. The van der Waals surface area contributed by atoms with E-state index in [1.54, 1.807) is 0 Å². The van der Waals surface area contributed by atoms with Crippen molar-refractivity contribution in [2.24, 2.45) is 17.4 Å². The monoisotopic (exact) mass is 383 g/mol. The lowest BCUT2D eigenvalue weighted by atomic mass is 10.1. The fraction of sp³-hybridized carbons (Fsp3) is 0.462. The number of rotatable bonds is 6. The first-order valence-electron chi connectivity index (χ1n) is 6.75. The predicted octanol–water partition coefficient (Wildman–Crippen LogP) is 0.595. The summed E-state index contributed by atoms with van der Waals surface area (Å²) in [5.74, 6) is -0.494. The Labute approximate surface area is 146 Å². The quantitative estimate of drug-likeness (QED) is 0.745. The van der Waals surface area contributed by atoms with Gasteiger partial charge in [0, 0.05) is 18.1 Å². The number of hydrogen-bond donors (Lipinski definition) is 2. The summed E-state index contributed by atoms with van der Waals surface area (Å²) < 4.78 is 32.0. The van der Waals surface area contributed by atoms with Crippen molar-refractivity contribution in [1.29, 1.82) is 0 Å². The van der Waals surface area contributed by atoms with Gasteiger partial charge in [0.1, 0.15) is 10.6 Å². The number of carbonyl (C=O) groups is 1. The molecular weight excluding hydrogens is 365 g/mol. The number of amides is 1. The summed E-state index contributed by atoms with van der Waals surface area (Å²) in [6.45, 7) is 0.786. The first-order valence-corrected chi connectivity index (χ1v) is 8.57. The van der Waals surface area contributed by atoms with Crippen molar-refractivity contribution in [2.45, 2.75) is 11.3 Å². The average Bonchev–Trinajstić information content (AvgIpc) is 2.95. The Morgan fingerprint density at radius 2 is 2.13 bits per heavy atom. The van der Waals surface area contributed by atoms with Crippen LogP contribution in [0.25, 0.3) is 0 Å². The normalized spacial score (nSPS) is 18.4. The molecule has 1 aromatic carbocycles. The molecule has 1 unspecified atom stereocenters. The number of nitrogens with two attached hydrogens (primary N) is 2. The smallest absolute Gasteiger partial charge is 0.255 e. The van der Waals surface area contributed by atoms with Crippen LogP contribution in [0.5, 0.6) is 5.75 Å². The van der Waals surface area contributed by atoms with Gasteiger partial charge in [0.05, 0.1) is 0 Å². The first-order chi connectivity index (χ1) is 10.3.